The van der Waals surface area contributed by atoms with E-state index in [1.165, 1.54) is 18.3 Å². The van der Waals surface area contributed by atoms with Gasteiger partial charge in [0.25, 0.3) is 0 Å². The lowest BCUT2D eigenvalue weighted by Crippen LogP contribution is -2.22. The van der Waals surface area contributed by atoms with Crippen molar-refractivity contribution in [2.24, 2.45) is 4.99 Å². The highest BCUT2D eigenvalue weighted by atomic mass is 16.8. The van der Waals surface area contributed by atoms with Gasteiger partial charge in [0.1, 0.15) is 5.69 Å². The summed E-state index contributed by atoms with van der Waals surface area (Å²) >= 11 is 0. The highest BCUT2D eigenvalue weighted by Gasteiger charge is 2.34. The quantitative estimate of drug-likeness (QED) is 0.463. The van der Waals surface area contributed by atoms with Gasteiger partial charge in [-0.05, 0) is 24.6 Å². The van der Waals surface area contributed by atoms with Gasteiger partial charge in [0, 0.05) is 17.4 Å². The molecule has 7 heteroatoms. The van der Waals surface area contributed by atoms with Gasteiger partial charge >= 0.3 is 5.97 Å². The molecule has 2 aromatic rings. The fraction of sp³-hybridized carbons (Fsp3) is 0.150. The second-order valence-electron chi connectivity index (χ2n) is 5.76. The number of carbonyl (C=O) groups is 2. The molecule has 0 spiro atoms. The molecule has 0 fully saturated rings. The van der Waals surface area contributed by atoms with Crippen molar-refractivity contribution in [2.45, 2.75) is 13.0 Å². The van der Waals surface area contributed by atoms with Crippen molar-refractivity contribution in [1.82, 2.24) is 0 Å². The lowest BCUT2D eigenvalue weighted by Gasteiger charge is -2.15. The number of esters is 1. The summed E-state index contributed by atoms with van der Waals surface area (Å²) in [6, 6.07) is 14.1. The van der Waals surface area contributed by atoms with Crippen molar-refractivity contribution in [3.8, 4) is 0 Å². The number of hydrogen-bond donors (Lipinski definition) is 2. The van der Waals surface area contributed by atoms with Crippen LogP contribution in [0.1, 0.15) is 22.8 Å². The first-order valence-corrected chi connectivity index (χ1v) is 8.35. The van der Waals surface area contributed by atoms with Crippen molar-refractivity contribution in [2.75, 3.05) is 11.8 Å². The van der Waals surface area contributed by atoms with Crippen LogP contribution in [0.4, 0.5) is 5.69 Å². The molecule has 3 rings (SSSR count). The van der Waals surface area contributed by atoms with Crippen LogP contribution >= 0.6 is 0 Å². The van der Waals surface area contributed by atoms with Crippen LogP contribution in [0, 0.1) is 0 Å². The second kappa shape index (κ2) is 7.94. The van der Waals surface area contributed by atoms with Crippen molar-refractivity contribution in [1.29, 1.82) is 0 Å². The average Bonchev–Trinajstić information content (AvgIpc) is 3.13. The third-order valence-electron chi connectivity index (χ3n) is 4.12. The molecule has 0 radical (unpaired) electrons. The minimum Gasteiger partial charge on any atom is -0.464 e. The zero-order valence-electron chi connectivity index (χ0n) is 14.6. The minimum atomic E-state index is -0.946. The van der Waals surface area contributed by atoms with Crippen molar-refractivity contribution >= 4 is 29.2 Å². The Morgan fingerprint density at radius 1 is 1.07 bits per heavy atom. The van der Waals surface area contributed by atoms with Crippen LogP contribution in [0.3, 0.4) is 0 Å². The van der Waals surface area contributed by atoms with Crippen LogP contribution in [-0.4, -0.2) is 41.0 Å². The van der Waals surface area contributed by atoms with E-state index in [9.17, 15) is 20.0 Å². The Hall–Kier alpha value is -3.29. The molecule has 27 heavy (non-hydrogen) atoms. The Morgan fingerprint density at radius 2 is 1.74 bits per heavy atom. The normalized spacial score (nSPS) is 15.7. The summed E-state index contributed by atoms with van der Waals surface area (Å²) in [7, 11) is 0. The number of ketones is 1. The number of benzene rings is 2. The van der Waals surface area contributed by atoms with E-state index >= 15 is 0 Å². The Kier molecular flexibility index (Phi) is 5.44. The molecular weight excluding hydrogens is 348 g/mol. The molecule has 1 atom stereocenters. The van der Waals surface area contributed by atoms with E-state index in [2.05, 4.69) is 4.99 Å². The smallest absolute Gasteiger partial charge is 0.335 e. The Morgan fingerprint density at radius 3 is 2.41 bits per heavy atom. The van der Waals surface area contributed by atoms with Gasteiger partial charge in [-0.1, -0.05) is 42.5 Å². The highest BCUT2D eigenvalue weighted by Crippen LogP contribution is 2.32. The number of aliphatic imine (C=N–C) groups is 1. The predicted octanol–water partition coefficient (Wildman–Crippen LogP) is 2.92. The first-order chi connectivity index (χ1) is 13.0. The number of ether oxygens (including phenoxy) is 1. The number of nitrogens with zero attached hydrogens (tertiary/aromatic N) is 2. The van der Waals surface area contributed by atoms with Gasteiger partial charge in [0.2, 0.25) is 0 Å². The van der Waals surface area contributed by atoms with Crippen LogP contribution in [0.2, 0.25) is 0 Å². The van der Waals surface area contributed by atoms with Gasteiger partial charge in [-0.15, -0.1) is 5.23 Å². The van der Waals surface area contributed by atoms with Crippen molar-refractivity contribution in [3.05, 3.63) is 71.3 Å². The molecule has 1 aliphatic heterocycles. The van der Waals surface area contributed by atoms with E-state index in [1.54, 1.807) is 43.3 Å². The maximum absolute atomic E-state index is 13.1. The molecular formula is C20H18N2O5. The zero-order chi connectivity index (χ0) is 19.4. The third-order valence-corrected chi connectivity index (χ3v) is 4.12. The Balaban J connectivity index is 2.13. The summed E-state index contributed by atoms with van der Waals surface area (Å²) in [4.78, 5) is 29.7. The molecule has 1 unspecified atom stereocenters. The second-order valence-corrected chi connectivity index (χ2v) is 5.76. The van der Waals surface area contributed by atoms with E-state index in [0.29, 0.717) is 11.1 Å². The lowest BCUT2D eigenvalue weighted by molar-refractivity contribution is -0.143. The van der Waals surface area contributed by atoms with Gasteiger partial charge in [0.05, 0.1) is 12.2 Å². The SMILES string of the molecule is CCOC(=O)C1N=CC(C(=O)c2ccccc2N(O)O)=C1c1ccccc1. The maximum Gasteiger partial charge on any atom is 0.335 e. The third kappa shape index (κ3) is 3.64. The number of carbonyl (C=O) groups excluding carboxylic acids is 2. The summed E-state index contributed by atoms with van der Waals surface area (Å²) in [5, 5.41) is 18.7. The summed E-state index contributed by atoms with van der Waals surface area (Å²) in [6.45, 7) is 1.89. The number of hydrogen-bond acceptors (Lipinski definition) is 7. The van der Waals surface area contributed by atoms with Gasteiger partial charge in [-0.25, -0.2) is 4.79 Å². The molecule has 0 amide bonds. The predicted molar refractivity (Wildman–Crippen MR) is 99.1 cm³/mol. The standard InChI is InChI=1S/C20H18N2O5/c1-2-27-20(24)18-17(13-8-4-3-5-9-13)15(12-21-18)19(23)14-10-6-7-11-16(14)22(25)26/h3-12,18,25-26H,2H2,1H3. The van der Waals surface area contributed by atoms with E-state index in [4.69, 9.17) is 4.74 Å². The van der Waals surface area contributed by atoms with E-state index in [0.717, 1.165) is 0 Å². The number of para-hydroxylation sites is 1. The van der Waals surface area contributed by atoms with Gasteiger partial charge < -0.3 is 4.74 Å². The molecule has 0 aromatic heterocycles. The molecule has 0 saturated heterocycles. The maximum atomic E-state index is 13.1. The number of Topliss-reactive ketones (excluding diaryl/α,β-unsaturated/α-hetero) is 1. The topological polar surface area (TPSA) is 99.4 Å². The fourth-order valence-corrected chi connectivity index (χ4v) is 2.94. The molecule has 0 saturated carbocycles. The van der Waals surface area contributed by atoms with E-state index < -0.39 is 17.8 Å². The van der Waals surface area contributed by atoms with Crippen molar-refractivity contribution in [3.63, 3.8) is 0 Å². The molecule has 1 heterocycles. The van der Waals surface area contributed by atoms with Crippen LogP contribution in [0.15, 0.2) is 65.2 Å². The van der Waals surface area contributed by atoms with Crippen LogP contribution in [0.5, 0.6) is 0 Å². The van der Waals surface area contributed by atoms with Crippen LogP contribution in [0.25, 0.3) is 5.57 Å². The zero-order valence-corrected chi connectivity index (χ0v) is 14.6. The number of anilines is 1. The Labute approximate surface area is 155 Å². The summed E-state index contributed by atoms with van der Waals surface area (Å²) in [6.07, 6.45) is 1.34. The monoisotopic (exact) mass is 366 g/mol. The number of rotatable bonds is 6. The fourth-order valence-electron chi connectivity index (χ4n) is 2.94. The summed E-state index contributed by atoms with van der Waals surface area (Å²) in [5.74, 6) is -1.03. The molecule has 0 aliphatic carbocycles. The molecule has 2 N–H and O–H groups in total. The first-order valence-electron chi connectivity index (χ1n) is 8.35. The van der Waals surface area contributed by atoms with E-state index in [1.807, 2.05) is 6.07 Å². The number of allylic oxidation sites excluding steroid dienone is 1. The van der Waals surface area contributed by atoms with Crippen molar-refractivity contribution < 1.29 is 24.7 Å². The molecule has 138 valence electrons. The molecule has 1 aliphatic rings. The first kappa shape index (κ1) is 18.5. The summed E-state index contributed by atoms with van der Waals surface area (Å²) < 4.78 is 5.09. The van der Waals surface area contributed by atoms with Crippen LogP contribution in [-0.2, 0) is 9.53 Å². The lowest BCUT2D eigenvalue weighted by atomic mass is 9.91. The largest absolute Gasteiger partial charge is 0.464 e. The molecule has 2 aromatic carbocycles. The molecule has 7 nitrogen and oxygen atoms in total. The van der Waals surface area contributed by atoms with Crippen LogP contribution < -0.4 is 5.23 Å². The minimum absolute atomic E-state index is 0.0712. The Bertz CT molecular complexity index is 919. The summed E-state index contributed by atoms with van der Waals surface area (Å²) in [5.41, 5.74) is 1.29. The van der Waals surface area contributed by atoms with Gasteiger partial charge in [-0.3, -0.25) is 20.2 Å². The molecule has 0 bridgehead atoms. The average molecular weight is 366 g/mol. The van der Waals surface area contributed by atoms with Gasteiger partial charge in [0.15, 0.2) is 11.8 Å². The highest BCUT2D eigenvalue weighted by molar-refractivity contribution is 6.30. The van der Waals surface area contributed by atoms with E-state index in [-0.39, 0.29) is 28.7 Å². The van der Waals surface area contributed by atoms with Gasteiger partial charge in [-0.2, -0.15) is 0 Å².